The van der Waals surface area contributed by atoms with Gasteiger partial charge >= 0.3 is 0 Å². The van der Waals surface area contributed by atoms with E-state index in [0.717, 1.165) is 0 Å². The average Bonchev–Trinajstić information content (AvgIpc) is 2.52. The number of rotatable bonds is 2. The Bertz CT molecular complexity index is 383. The molecule has 2 atom stereocenters. The van der Waals surface area contributed by atoms with E-state index in [1.54, 1.807) is 0 Å². The topological polar surface area (TPSA) is 0 Å². The van der Waals surface area contributed by atoms with Crippen LogP contribution < -0.4 is 0 Å². The number of aryl methyl sites for hydroxylation is 2. The fourth-order valence-electron chi connectivity index (χ4n) is 2.81. The molecule has 1 aromatic carbocycles. The zero-order chi connectivity index (χ0) is 11.8. The summed E-state index contributed by atoms with van der Waals surface area (Å²) in [7, 11) is 0. The average molecular weight is 237 g/mol. The highest BCUT2D eigenvalue weighted by Gasteiger charge is 2.34. The van der Waals surface area contributed by atoms with Crippen LogP contribution >= 0.6 is 11.6 Å². The minimum atomic E-state index is 0.400. The van der Waals surface area contributed by atoms with E-state index in [4.69, 9.17) is 11.6 Å². The molecule has 1 fully saturated rings. The Labute approximate surface area is 104 Å². The molecule has 0 N–H and O–H groups in total. The summed E-state index contributed by atoms with van der Waals surface area (Å²) in [4.78, 5) is 0. The van der Waals surface area contributed by atoms with Gasteiger partial charge in [-0.05, 0) is 61.6 Å². The van der Waals surface area contributed by atoms with Gasteiger partial charge in [0.1, 0.15) is 0 Å². The monoisotopic (exact) mass is 236 g/mol. The van der Waals surface area contributed by atoms with Gasteiger partial charge in [-0.3, -0.25) is 0 Å². The van der Waals surface area contributed by atoms with Crippen molar-refractivity contribution in [2.24, 2.45) is 5.41 Å². The zero-order valence-electron chi connectivity index (χ0n) is 10.5. The quantitative estimate of drug-likeness (QED) is 0.656. The molecule has 0 radical (unpaired) electrons. The summed E-state index contributed by atoms with van der Waals surface area (Å²) >= 11 is 6.22. The normalized spacial score (nSPS) is 29.6. The molecule has 0 aromatic heterocycles. The SMILES string of the molecule is Cc1ccc(CC2(C)CCC(Cl)C2)cc1C. The second-order valence-corrected chi connectivity index (χ2v) is 6.36. The Balaban J connectivity index is 2.12. The molecule has 0 amide bonds. The number of hydrogen-bond donors (Lipinski definition) is 0. The Hall–Kier alpha value is -0.490. The molecule has 0 aliphatic heterocycles. The van der Waals surface area contributed by atoms with Crippen molar-refractivity contribution in [3.63, 3.8) is 0 Å². The molecule has 1 heteroatoms. The van der Waals surface area contributed by atoms with E-state index in [0.29, 0.717) is 10.8 Å². The van der Waals surface area contributed by atoms with Crippen LogP contribution in [0.25, 0.3) is 0 Å². The molecule has 16 heavy (non-hydrogen) atoms. The first-order valence-electron chi connectivity index (χ1n) is 6.19. The molecule has 0 saturated heterocycles. The Morgan fingerprint density at radius 1 is 1.31 bits per heavy atom. The number of hydrogen-bond acceptors (Lipinski definition) is 0. The van der Waals surface area contributed by atoms with Crippen molar-refractivity contribution in [1.29, 1.82) is 0 Å². The molecule has 2 unspecified atom stereocenters. The van der Waals surface area contributed by atoms with Gasteiger partial charge in [-0.25, -0.2) is 0 Å². The number of halogens is 1. The van der Waals surface area contributed by atoms with Gasteiger partial charge in [-0.2, -0.15) is 0 Å². The smallest absolute Gasteiger partial charge is 0.0341 e. The van der Waals surface area contributed by atoms with Gasteiger partial charge in [-0.1, -0.05) is 25.1 Å². The lowest BCUT2D eigenvalue weighted by Gasteiger charge is -2.24. The van der Waals surface area contributed by atoms with Crippen LogP contribution in [0.1, 0.15) is 42.9 Å². The maximum Gasteiger partial charge on any atom is 0.0341 e. The van der Waals surface area contributed by atoms with Crippen LogP contribution in [0, 0.1) is 19.3 Å². The van der Waals surface area contributed by atoms with Crippen molar-refractivity contribution < 1.29 is 0 Å². The molecule has 0 spiro atoms. The van der Waals surface area contributed by atoms with Crippen molar-refractivity contribution in [3.05, 3.63) is 34.9 Å². The summed E-state index contributed by atoms with van der Waals surface area (Å²) in [5.74, 6) is 0. The van der Waals surface area contributed by atoms with Gasteiger partial charge in [0.25, 0.3) is 0 Å². The molecule has 0 heterocycles. The van der Waals surface area contributed by atoms with Crippen molar-refractivity contribution in [1.82, 2.24) is 0 Å². The Morgan fingerprint density at radius 2 is 2.06 bits per heavy atom. The molecule has 1 aliphatic rings. The second-order valence-electron chi connectivity index (χ2n) is 5.75. The molecule has 88 valence electrons. The number of benzene rings is 1. The van der Waals surface area contributed by atoms with Crippen molar-refractivity contribution in [2.75, 3.05) is 0 Å². The van der Waals surface area contributed by atoms with Gasteiger partial charge in [-0.15, -0.1) is 11.6 Å². The number of alkyl halides is 1. The van der Waals surface area contributed by atoms with Gasteiger partial charge in [0.05, 0.1) is 0 Å². The summed E-state index contributed by atoms with van der Waals surface area (Å²) < 4.78 is 0. The predicted molar refractivity (Wildman–Crippen MR) is 71.2 cm³/mol. The van der Waals surface area contributed by atoms with Gasteiger partial charge in [0.2, 0.25) is 0 Å². The van der Waals surface area contributed by atoms with Crippen molar-refractivity contribution >= 4 is 11.6 Å². The fourth-order valence-corrected chi connectivity index (χ4v) is 3.29. The van der Waals surface area contributed by atoms with E-state index in [9.17, 15) is 0 Å². The highest BCUT2D eigenvalue weighted by atomic mass is 35.5. The lowest BCUT2D eigenvalue weighted by molar-refractivity contribution is 0.335. The third kappa shape index (κ3) is 2.60. The third-order valence-corrected chi connectivity index (χ3v) is 4.35. The van der Waals surface area contributed by atoms with Crippen molar-refractivity contribution in [2.45, 2.75) is 51.8 Å². The van der Waals surface area contributed by atoms with Crippen LogP contribution in [-0.4, -0.2) is 5.38 Å². The third-order valence-electron chi connectivity index (χ3n) is 3.98. The minimum Gasteiger partial charge on any atom is -0.123 e. The van der Waals surface area contributed by atoms with Crippen LogP contribution in [0.5, 0.6) is 0 Å². The lowest BCUT2D eigenvalue weighted by Crippen LogP contribution is -2.15. The fraction of sp³-hybridized carbons (Fsp3) is 0.600. The molecular formula is C15H21Cl. The molecule has 0 bridgehead atoms. The molecule has 1 aliphatic carbocycles. The van der Waals surface area contributed by atoms with E-state index >= 15 is 0 Å². The summed E-state index contributed by atoms with van der Waals surface area (Å²) in [5.41, 5.74) is 4.68. The maximum absolute atomic E-state index is 6.22. The molecule has 2 rings (SSSR count). The van der Waals surface area contributed by atoms with Crippen LogP contribution in [0.4, 0.5) is 0 Å². The first-order chi connectivity index (χ1) is 7.48. The van der Waals surface area contributed by atoms with E-state index in [2.05, 4.69) is 39.0 Å². The van der Waals surface area contributed by atoms with E-state index < -0.39 is 0 Å². The molecule has 0 nitrogen and oxygen atoms in total. The summed E-state index contributed by atoms with van der Waals surface area (Å²) in [6.07, 6.45) is 4.80. The molecule has 1 aromatic rings. The van der Waals surface area contributed by atoms with Crippen molar-refractivity contribution in [3.8, 4) is 0 Å². The van der Waals surface area contributed by atoms with Gasteiger partial charge in [0, 0.05) is 5.38 Å². The summed E-state index contributed by atoms with van der Waals surface area (Å²) in [5, 5.41) is 0.400. The Morgan fingerprint density at radius 3 is 2.62 bits per heavy atom. The highest BCUT2D eigenvalue weighted by molar-refractivity contribution is 6.20. The first kappa shape index (κ1) is 12.0. The van der Waals surface area contributed by atoms with Crippen LogP contribution in [0.2, 0.25) is 0 Å². The molecule has 1 saturated carbocycles. The predicted octanol–water partition coefficient (Wildman–Crippen LogP) is 4.64. The van der Waals surface area contributed by atoms with Crippen LogP contribution in [0.15, 0.2) is 18.2 Å². The molecular weight excluding hydrogens is 216 g/mol. The van der Waals surface area contributed by atoms with E-state index in [1.807, 2.05) is 0 Å². The largest absolute Gasteiger partial charge is 0.123 e. The Kier molecular flexibility index (Phi) is 3.30. The summed E-state index contributed by atoms with van der Waals surface area (Å²) in [6, 6.07) is 6.85. The van der Waals surface area contributed by atoms with Gasteiger partial charge in [0.15, 0.2) is 0 Å². The van der Waals surface area contributed by atoms with Crippen LogP contribution in [0.3, 0.4) is 0 Å². The lowest BCUT2D eigenvalue weighted by atomic mass is 9.82. The highest BCUT2D eigenvalue weighted by Crippen LogP contribution is 2.42. The summed E-state index contributed by atoms with van der Waals surface area (Å²) in [6.45, 7) is 6.75. The minimum absolute atomic E-state index is 0.400. The zero-order valence-corrected chi connectivity index (χ0v) is 11.3. The van der Waals surface area contributed by atoms with Gasteiger partial charge < -0.3 is 0 Å². The van der Waals surface area contributed by atoms with E-state index in [1.165, 1.54) is 42.4 Å². The second kappa shape index (κ2) is 4.41. The van der Waals surface area contributed by atoms with Crippen LogP contribution in [-0.2, 0) is 6.42 Å². The van der Waals surface area contributed by atoms with E-state index in [-0.39, 0.29) is 0 Å². The maximum atomic E-state index is 6.22. The first-order valence-corrected chi connectivity index (χ1v) is 6.62. The standard InChI is InChI=1S/C15H21Cl/c1-11-4-5-13(8-12(11)2)9-15(3)7-6-14(16)10-15/h4-5,8,14H,6-7,9-10H2,1-3H3.